The van der Waals surface area contributed by atoms with Crippen LogP contribution in [0.5, 0.6) is 5.75 Å². The van der Waals surface area contributed by atoms with E-state index in [1.165, 1.54) is 6.07 Å². The number of benzene rings is 2. The predicted molar refractivity (Wildman–Crippen MR) is 76.4 cm³/mol. The Kier molecular flexibility index (Phi) is 3.33. The van der Waals surface area contributed by atoms with E-state index < -0.39 is 11.6 Å². The van der Waals surface area contributed by atoms with Crippen LogP contribution in [0.25, 0.3) is 11.0 Å². The van der Waals surface area contributed by atoms with Gasteiger partial charge in [-0.3, -0.25) is 0 Å². The van der Waals surface area contributed by atoms with Crippen molar-refractivity contribution < 1.29 is 13.5 Å². The number of imidazole rings is 1. The zero-order chi connectivity index (χ0) is 15.0. The van der Waals surface area contributed by atoms with E-state index in [-0.39, 0.29) is 6.42 Å². The highest BCUT2D eigenvalue weighted by Gasteiger charge is 2.13. The van der Waals surface area contributed by atoms with Crippen LogP contribution in [-0.4, -0.2) is 16.7 Å². The highest BCUT2D eigenvalue weighted by atomic mass is 19.2. The van der Waals surface area contributed by atoms with Crippen LogP contribution in [0.1, 0.15) is 11.4 Å². The maximum Gasteiger partial charge on any atom is 0.162 e. The minimum Gasteiger partial charge on any atom is -0.497 e. The molecular weight excluding hydrogens is 274 g/mol. The fraction of sp³-hybridized carbons (Fsp3) is 0.188. The second-order valence-electron chi connectivity index (χ2n) is 4.83. The van der Waals surface area contributed by atoms with Crippen LogP contribution in [0.4, 0.5) is 8.78 Å². The van der Waals surface area contributed by atoms with Gasteiger partial charge in [-0.2, -0.15) is 0 Å². The smallest absolute Gasteiger partial charge is 0.162 e. The molecule has 0 saturated carbocycles. The van der Waals surface area contributed by atoms with Crippen molar-refractivity contribution in [3.63, 3.8) is 0 Å². The Morgan fingerprint density at radius 3 is 2.76 bits per heavy atom. The van der Waals surface area contributed by atoms with Gasteiger partial charge in [0.05, 0.1) is 18.1 Å². The molecule has 0 aliphatic carbocycles. The summed E-state index contributed by atoms with van der Waals surface area (Å²) in [6.07, 6.45) is 0.233. The first kappa shape index (κ1) is 13.5. The molecule has 0 N–H and O–H groups in total. The number of methoxy groups -OCH3 is 1. The first-order valence-corrected chi connectivity index (χ1v) is 6.52. The van der Waals surface area contributed by atoms with E-state index in [0.29, 0.717) is 17.1 Å². The summed E-state index contributed by atoms with van der Waals surface area (Å²) in [5.41, 5.74) is 1.98. The monoisotopic (exact) mass is 288 g/mol. The van der Waals surface area contributed by atoms with Gasteiger partial charge in [0.1, 0.15) is 11.6 Å². The third kappa shape index (κ3) is 2.35. The lowest BCUT2D eigenvalue weighted by atomic mass is 10.1. The van der Waals surface area contributed by atoms with Crippen molar-refractivity contribution in [3.05, 3.63) is 59.4 Å². The van der Waals surface area contributed by atoms with E-state index in [4.69, 9.17) is 4.74 Å². The minimum absolute atomic E-state index is 0.233. The van der Waals surface area contributed by atoms with Gasteiger partial charge in [-0.25, -0.2) is 13.8 Å². The molecule has 0 atom stereocenters. The number of aromatic nitrogens is 2. The summed E-state index contributed by atoms with van der Waals surface area (Å²) in [7, 11) is 3.45. The van der Waals surface area contributed by atoms with E-state index in [2.05, 4.69) is 4.98 Å². The second kappa shape index (κ2) is 5.16. The van der Waals surface area contributed by atoms with Gasteiger partial charge in [-0.15, -0.1) is 0 Å². The molecule has 21 heavy (non-hydrogen) atoms. The first-order chi connectivity index (χ1) is 10.1. The van der Waals surface area contributed by atoms with E-state index in [1.807, 2.05) is 29.8 Å². The number of hydrogen-bond donors (Lipinski definition) is 0. The molecule has 5 heteroatoms. The molecule has 2 aromatic carbocycles. The number of ether oxygens (including phenoxy) is 1. The summed E-state index contributed by atoms with van der Waals surface area (Å²) in [5.74, 6) is -0.276. The quantitative estimate of drug-likeness (QED) is 0.738. The molecule has 1 aromatic heterocycles. The Hall–Kier alpha value is -2.43. The van der Waals surface area contributed by atoms with Crippen LogP contribution in [-0.2, 0) is 13.5 Å². The summed E-state index contributed by atoms with van der Waals surface area (Å²) in [6, 6.07) is 9.74. The summed E-state index contributed by atoms with van der Waals surface area (Å²) in [4.78, 5) is 4.48. The standard InChI is InChI=1S/C16H14F2N2O/c1-20-14-7-6-11(21-2)9-13(14)19-15(20)8-10-4-3-5-12(17)16(10)18/h3-7,9H,8H2,1-2H3. The lowest BCUT2D eigenvalue weighted by Gasteiger charge is -2.04. The fourth-order valence-electron chi connectivity index (χ4n) is 2.37. The number of rotatable bonds is 3. The third-order valence-corrected chi connectivity index (χ3v) is 3.56. The molecule has 0 aliphatic heterocycles. The van der Waals surface area contributed by atoms with Crippen molar-refractivity contribution in [2.24, 2.45) is 7.05 Å². The number of nitrogens with zero attached hydrogens (tertiary/aromatic N) is 2. The highest BCUT2D eigenvalue weighted by Crippen LogP contribution is 2.23. The highest BCUT2D eigenvalue weighted by molar-refractivity contribution is 5.77. The maximum absolute atomic E-state index is 13.8. The Labute approximate surface area is 120 Å². The van der Waals surface area contributed by atoms with E-state index in [1.54, 1.807) is 13.2 Å². The van der Waals surface area contributed by atoms with Gasteiger partial charge in [0.15, 0.2) is 11.6 Å². The molecule has 3 rings (SSSR count). The number of hydrogen-bond acceptors (Lipinski definition) is 2. The Morgan fingerprint density at radius 1 is 1.19 bits per heavy atom. The molecule has 0 bridgehead atoms. The molecule has 0 saturated heterocycles. The topological polar surface area (TPSA) is 27.1 Å². The van der Waals surface area contributed by atoms with Crippen molar-refractivity contribution >= 4 is 11.0 Å². The zero-order valence-electron chi connectivity index (χ0n) is 11.7. The van der Waals surface area contributed by atoms with Crippen molar-refractivity contribution in [2.75, 3.05) is 7.11 Å². The fourth-order valence-corrected chi connectivity index (χ4v) is 2.37. The predicted octanol–water partition coefficient (Wildman–Crippen LogP) is 3.45. The Balaban J connectivity index is 2.04. The van der Waals surface area contributed by atoms with Crippen molar-refractivity contribution in [3.8, 4) is 5.75 Å². The van der Waals surface area contributed by atoms with Gasteiger partial charge in [0.25, 0.3) is 0 Å². The van der Waals surface area contributed by atoms with Gasteiger partial charge < -0.3 is 9.30 Å². The van der Waals surface area contributed by atoms with Crippen LogP contribution in [0.15, 0.2) is 36.4 Å². The second-order valence-corrected chi connectivity index (χ2v) is 4.83. The molecule has 0 fully saturated rings. The first-order valence-electron chi connectivity index (χ1n) is 6.52. The van der Waals surface area contributed by atoms with Crippen molar-refractivity contribution in [1.29, 1.82) is 0 Å². The average Bonchev–Trinajstić information content (AvgIpc) is 2.79. The van der Waals surface area contributed by atoms with E-state index in [9.17, 15) is 8.78 Å². The van der Waals surface area contributed by atoms with Crippen LogP contribution >= 0.6 is 0 Å². The molecule has 0 spiro atoms. The summed E-state index contributed by atoms with van der Waals surface area (Å²) < 4.78 is 34.1. The zero-order valence-corrected chi connectivity index (χ0v) is 11.7. The number of halogens is 2. The van der Waals surface area contributed by atoms with Crippen LogP contribution in [0.2, 0.25) is 0 Å². The third-order valence-electron chi connectivity index (χ3n) is 3.56. The Morgan fingerprint density at radius 2 is 2.00 bits per heavy atom. The van der Waals surface area contributed by atoms with Gasteiger partial charge in [-0.1, -0.05) is 12.1 Å². The molecule has 0 amide bonds. The molecule has 0 aliphatic rings. The molecule has 3 nitrogen and oxygen atoms in total. The molecule has 1 heterocycles. The average molecular weight is 288 g/mol. The van der Waals surface area contributed by atoms with Gasteiger partial charge in [0, 0.05) is 19.5 Å². The van der Waals surface area contributed by atoms with E-state index in [0.717, 1.165) is 17.1 Å². The molecule has 3 aromatic rings. The molecule has 0 unspecified atom stereocenters. The lowest BCUT2D eigenvalue weighted by molar-refractivity contribution is 0.415. The van der Waals surface area contributed by atoms with Crippen LogP contribution in [0.3, 0.4) is 0 Å². The summed E-state index contributed by atoms with van der Waals surface area (Å²) in [5, 5.41) is 0. The van der Waals surface area contributed by atoms with Gasteiger partial charge >= 0.3 is 0 Å². The van der Waals surface area contributed by atoms with Crippen LogP contribution < -0.4 is 4.74 Å². The minimum atomic E-state index is -0.840. The molecule has 0 radical (unpaired) electrons. The van der Waals surface area contributed by atoms with Crippen molar-refractivity contribution in [1.82, 2.24) is 9.55 Å². The maximum atomic E-state index is 13.8. The SMILES string of the molecule is COc1ccc2c(c1)nc(Cc1cccc(F)c1F)n2C. The molecular formula is C16H14F2N2O. The van der Waals surface area contributed by atoms with Gasteiger partial charge in [-0.05, 0) is 23.8 Å². The normalized spacial score (nSPS) is 11.0. The number of fused-ring (bicyclic) bond motifs is 1. The summed E-state index contributed by atoms with van der Waals surface area (Å²) >= 11 is 0. The van der Waals surface area contributed by atoms with Crippen LogP contribution in [0, 0.1) is 11.6 Å². The Bertz CT molecular complexity index is 811. The lowest BCUT2D eigenvalue weighted by Crippen LogP contribution is -2.02. The van der Waals surface area contributed by atoms with Gasteiger partial charge in [0.2, 0.25) is 0 Å². The molecule has 108 valence electrons. The number of aryl methyl sites for hydroxylation is 1. The van der Waals surface area contributed by atoms with E-state index >= 15 is 0 Å². The largest absolute Gasteiger partial charge is 0.497 e. The summed E-state index contributed by atoms with van der Waals surface area (Å²) in [6.45, 7) is 0. The van der Waals surface area contributed by atoms with Crippen molar-refractivity contribution in [2.45, 2.75) is 6.42 Å².